The van der Waals surface area contributed by atoms with Crippen molar-refractivity contribution in [2.45, 2.75) is 18.2 Å². The summed E-state index contributed by atoms with van der Waals surface area (Å²) in [6.45, 7) is 5.40. The molecule has 0 saturated heterocycles. The zero-order valence-electron chi connectivity index (χ0n) is 9.54. The molecule has 2 heteroatoms. The number of ketones is 1. The van der Waals surface area contributed by atoms with Gasteiger partial charge >= 0.3 is 0 Å². The fraction of sp³-hybridized carbons (Fsp3) is 0.308. The summed E-state index contributed by atoms with van der Waals surface area (Å²) in [5.41, 5.74) is 1.70. The Morgan fingerprint density at radius 3 is 2.20 bits per heavy atom. The van der Waals surface area contributed by atoms with Gasteiger partial charge in [0.25, 0.3) is 0 Å². The van der Waals surface area contributed by atoms with Crippen LogP contribution in [0.5, 0.6) is 0 Å². The van der Waals surface area contributed by atoms with Crippen LogP contribution in [-0.2, 0) is 22.1 Å². The lowest BCUT2D eigenvalue weighted by molar-refractivity contribution is -0.114. The second-order valence-electron chi connectivity index (χ2n) is 3.84. The van der Waals surface area contributed by atoms with E-state index in [0.29, 0.717) is 12.0 Å². The van der Waals surface area contributed by atoms with Crippen molar-refractivity contribution < 1.29 is 4.79 Å². The van der Waals surface area contributed by atoms with Crippen molar-refractivity contribution >= 4 is 16.7 Å². The number of rotatable bonds is 4. The van der Waals surface area contributed by atoms with E-state index in [9.17, 15) is 4.79 Å². The monoisotopic (exact) mass is 221 g/mol. The third kappa shape index (κ3) is 3.56. The highest BCUT2D eigenvalue weighted by Gasteiger charge is 2.09. The SMILES string of the molecule is C=C(C)C(=O)Cc1ccc([S+](C)C)cc1. The molecule has 1 rings (SSSR count). The lowest BCUT2D eigenvalue weighted by atomic mass is 10.1. The molecule has 0 amide bonds. The average molecular weight is 221 g/mol. The molecule has 1 nitrogen and oxygen atoms in total. The summed E-state index contributed by atoms with van der Waals surface area (Å²) in [7, 11) is 0.289. The van der Waals surface area contributed by atoms with E-state index in [1.165, 1.54) is 4.90 Å². The van der Waals surface area contributed by atoms with Crippen molar-refractivity contribution in [3.05, 3.63) is 42.0 Å². The molecule has 0 aliphatic rings. The number of carbonyl (C=O) groups excluding carboxylic acids is 1. The van der Waals surface area contributed by atoms with Gasteiger partial charge in [0.1, 0.15) is 12.5 Å². The van der Waals surface area contributed by atoms with Crippen LogP contribution < -0.4 is 0 Å². The predicted molar refractivity (Wildman–Crippen MR) is 67.4 cm³/mol. The van der Waals surface area contributed by atoms with Crippen molar-refractivity contribution in [1.29, 1.82) is 0 Å². The zero-order chi connectivity index (χ0) is 11.4. The zero-order valence-corrected chi connectivity index (χ0v) is 10.4. The number of Topliss-reactive ketones (excluding diaryl/α,β-unsaturated/α-hetero) is 1. The van der Waals surface area contributed by atoms with Crippen LogP contribution in [-0.4, -0.2) is 18.3 Å². The van der Waals surface area contributed by atoms with Crippen LogP contribution in [0.3, 0.4) is 0 Å². The third-order valence-corrected chi connectivity index (χ3v) is 3.45. The molecular formula is C13H17OS+. The molecule has 0 radical (unpaired) electrons. The van der Waals surface area contributed by atoms with Crippen molar-refractivity contribution in [3.8, 4) is 0 Å². The second-order valence-corrected chi connectivity index (χ2v) is 5.95. The molecule has 15 heavy (non-hydrogen) atoms. The maximum absolute atomic E-state index is 11.4. The van der Waals surface area contributed by atoms with Crippen molar-refractivity contribution in [3.63, 3.8) is 0 Å². The van der Waals surface area contributed by atoms with E-state index in [0.717, 1.165) is 5.56 Å². The summed E-state index contributed by atoms with van der Waals surface area (Å²) < 4.78 is 0. The van der Waals surface area contributed by atoms with Gasteiger partial charge in [0.05, 0.1) is 0 Å². The van der Waals surface area contributed by atoms with Gasteiger partial charge in [0.2, 0.25) is 0 Å². The van der Waals surface area contributed by atoms with Gasteiger partial charge < -0.3 is 0 Å². The molecule has 0 aromatic heterocycles. The smallest absolute Gasteiger partial charge is 0.162 e. The van der Waals surface area contributed by atoms with E-state index in [-0.39, 0.29) is 16.7 Å². The molecule has 0 aliphatic heterocycles. The fourth-order valence-electron chi connectivity index (χ4n) is 1.22. The van der Waals surface area contributed by atoms with Crippen molar-refractivity contribution in [2.24, 2.45) is 0 Å². The Morgan fingerprint density at radius 2 is 1.80 bits per heavy atom. The first-order valence-electron chi connectivity index (χ1n) is 4.86. The number of benzene rings is 1. The predicted octanol–water partition coefficient (Wildman–Crippen LogP) is 2.61. The summed E-state index contributed by atoms with van der Waals surface area (Å²) in [5.74, 6) is 0.120. The molecule has 1 aromatic carbocycles. The highest BCUT2D eigenvalue weighted by atomic mass is 32.2. The Labute approximate surface area is 94.5 Å². The maximum Gasteiger partial charge on any atom is 0.162 e. The van der Waals surface area contributed by atoms with E-state index >= 15 is 0 Å². The first-order chi connectivity index (χ1) is 7.00. The normalized spacial score (nSPS) is 10.4. The second kappa shape index (κ2) is 5.17. The molecule has 0 atom stereocenters. The minimum absolute atomic E-state index is 0.120. The summed E-state index contributed by atoms with van der Waals surface area (Å²) in [6.07, 6.45) is 4.85. The summed E-state index contributed by atoms with van der Waals surface area (Å²) in [5, 5.41) is 0. The lowest BCUT2D eigenvalue weighted by Crippen LogP contribution is -2.03. The van der Waals surface area contributed by atoms with Crippen LogP contribution in [0.4, 0.5) is 0 Å². The van der Waals surface area contributed by atoms with Gasteiger partial charge in [-0.2, -0.15) is 0 Å². The first kappa shape index (κ1) is 12.1. The molecule has 0 unspecified atom stereocenters. The average Bonchev–Trinajstić information content (AvgIpc) is 2.18. The highest BCUT2D eigenvalue weighted by Crippen LogP contribution is 2.12. The van der Waals surface area contributed by atoms with Crippen LogP contribution in [0.1, 0.15) is 12.5 Å². The Morgan fingerprint density at radius 1 is 1.27 bits per heavy atom. The molecule has 0 bridgehead atoms. The van der Waals surface area contributed by atoms with E-state index in [1.54, 1.807) is 6.92 Å². The number of hydrogen-bond acceptors (Lipinski definition) is 1. The van der Waals surface area contributed by atoms with Crippen LogP contribution in [0, 0.1) is 0 Å². The Balaban J connectivity index is 2.73. The lowest BCUT2D eigenvalue weighted by Gasteiger charge is -2.01. The molecule has 0 N–H and O–H groups in total. The molecule has 0 fully saturated rings. The third-order valence-electron chi connectivity index (χ3n) is 2.24. The minimum Gasteiger partial charge on any atom is -0.294 e. The molecule has 0 heterocycles. The summed E-state index contributed by atoms with van der Waals surface area (Å²) in [6, 6.07) is 8.26. The molecule has 80 valence electrons. The molecular weight excluding hydrogens is 204 g/mol. The standard InChI is InChI=1S/C13H17OS/c1-10(2)13(14)9-11-5-7-12(8-6-11)15(3)4/h5-8H,1,9H2,2-4H3/q+1. The van der Waals surface area contributed by atoms with Crippen LogP contribution in [0.2, 0.25) is 0 Å². The van der Waals surface area contributed by atoms with Crippen molar-refractivity contribution in [1.82, 2.24) is 0 Å². The van der Waals surface area contributed by atoms with Crippen LogP contribution >= 0.6 is 0 Å². The van der Waals surface area contributed by atoms with Gasteiger partial charge in [-0.15, -0.1) is 0 Å². The van der Waals surface area contributed by atoms with Gasteiger partial charge in [0.15, 0.2) is 10.7 Å². The van der Waals surface area contributed by atoms with Gasteiger partial charge in [-0.25, -0.2) is 0 Å². The number of allylic oxidation sites excluding steroid dienone is 1. The molecule has 0 spiro atoms. The van der Waals surface area contributed by atoms with E-state index in [2.05, 4.69) is 31.2 Å². The minimum atomic E-state index is 0.120. The quantitative estimate of drug-likeness (QED) is 0.564. The summed E-state index contributed by atoms with van der Waals surface area (Å²) in [4.78, 5) is 12.8. The van der Waals surface area contributed by atoms with Crippen molar-refractivity contribution in [2.75, 3.05) is 12.5 Å². The largest absolute Gasteiger partial charge is 0.294 e. The maximum atomic E-state index is 11.4. The van der Waals surface area contributed by atoms with Gasteiger partial charge in [-0.1, -0.05) is 18.7 Å². The van der Waals surface area contributed by atoms with Gasteiger partial charge in [0, 0.05) is 17.3 Å². The van der Waals surface area contributed by atoms with E-state index in [4.69, 9.17) is 0 Å². The Bertz CT molecular complexity index is 363. The van der Waals surface area contributed by atoms with Crippen LogP contribution in [0.15, 0.2) is 41.3 Å². The first-order valence-corrected chi connectivity index (χ1v) is 6.90. The fourth-order valence-corrected chi connectivity index (χ4v) is 1.90. The number of hydrogen-bond donors (Lipinski definition) is 0. The molecule has 0 aliphatic carbocycles. The van der Waals surface area contributed by atoms with E-state index < -0.39 is 0 Å². The number of carbonyl (C=O) groups is 1. The Hall–Kier alpha value is -1.02. The van der Waals surface area contributed by atoms with Gasteiger partial charge in [-0.05, 0) is 30.2 Å². The van der Waals surface area contributed by atoms with E-state index in [1.807, 2.05) is 12.1 Å². The molecule has 1 aromatic rings. The topological polar surface area (TPSA) is 17.1 Å². The summed E-state index contributed by atoms with van der Waals surface area (Å²) >= 11 is 0. The van der Waals surface area contributed by atoms with Gasteiger partial charge in [-0.3, -0.25) is 4.79 Å². The Kier molecular flexibility index (Phi) is 4.15. The highest BCUT2D eigenvalue weighted by molar-refractivity contribution is 7.95. The molecule has 0 saturated carbocycles. The van der Waals surface area contributed by atoms with Crippen LogP contribution in [0.25, 0.3) is 0 Å².